The molecule has 4 saturated heterocycles. The summed E-state index contributed by atoms with van der Waals surface area (Å²) in [4.78, 5) is 25.5. The molecule has 1 aromatic carbocycles. The number of piperidine rings is 1. The molecule has 14 atom stereocenters. The van der Waals surface area contributed by atoms with Crippen molar-refractivity contribution in [1.29, 1.82) is 0 Å². The summed E-state index contributed by atoms with van der Waals surface area (Å²) < 4.78 is 34.5. The van der Waals surface area contributed by atoms with Gasteiger partial charge in [0.25, 0.3) is 0 Å². The Morgan fingerprint density at radius 2 is 1.73 bits per heavy atom. The third-order valence-corrected chi connectivity index (χ3v) is 14.2. The Morgan fingerprint density at radius 3 is 2.41 bits per heavy atom. The number of likely N-dealkylation sites (N-methyl/N-ethyl adjacent to an activating group) is 2. The molecule has 5 heterocycles. The first-order valence-corrected chi connectivity index (χ1v) is 22.2. The van der Waals surface area contributed by atoms with Crippen molar-refractivity contribution in [3.05, 3.63) is 42.1 Å². The molecule has 0 saturated carbocycles. The molecule has 6 rings (SSSR count). The van der Waals surface area contributed by atoms with Gasteiger partial charge in [0, 0.05) is 68.6 Å². The first kappa shape index (κ1) is 46.2. The minimum atomic E-state index is -1.71. The summed E-state index contributed by atoms with van der Waals surface area (Å²) in [5.74, 6) is -2.77. The monoisotopic (exact) mass is 827 g/mol. The van der Waals surface area contributed by atoms with Gasteiger partial charge in [0.2, 0.25) is 0 Å². The number of aromatic nitrogens is 1. The van der Waals surface area contributed by atoms with Crippen molar-refractivity contribution in [2.24, 2.45) is 17.8 Å². The predicted octanol–water partition coefficient (Wildman–Crippen LogP) is 4.62. The zero-order valence-corrected chi connectivity index (χ0v) is 37.5. The van der Waals surface area contributed by atoms with Crippen molar-refractivity contribution in [2.45, 2.75) is 166 Å². The van der Waals surface area contributed by atoms with Crippen LogP contribution in [0.5, 0.6) is 0 Å². The van der Waals surface area contributed by atoms with Crippen LogP contribution in [0.4, 0.5) is 0 Å². The number of fused-ring (bicyclic) bond motifs is 4. The van der Waals surface area contributed by atoms with Gasteiger partial charge in [-0.3, -0.25) is 9.78 Å². The van der Waals surface area contributed by atoms with Crippen LogP contribution in [0, 0.1) is 17.8 Å². The summed E-state index contributed by atoms with van der Waals surface area (Å²) in [6.07, 6.45) is -0.162. The van der Waals surface area contributed by atoms with Gasteiger partial charge < -0.3 is 53.7 Å². The zero-order valence-electron chi connectivity index (χ0n) is 37.5. The number of esters is 1. The maximum Gasteiger partial charge on any atom is 0.311 e. The van der Waals surface area contributed by atoms with Crippen LogP contribution in [0.3, 0.4) is 0 Å². The number of para-hydroxylation sites is 1. The Morgan fingerprint density at radius 1 is 1.03 bits per heavy atom. The molecule has 13 nitrogen and oxygen atoms in total. The van der Waals surface area contributed by atoms with E-state index in [1.54, 1.807) is 6.92 Å². The molecule has 1 aromatic heterocycles. The second-order valence-corrected chi connectivity index (χ2v) is 19.3. The van der Waals surface area contributed by atoms with Crippen LogP contribution in [0.1, 0.15) is 93.1 Å². The molecule has 1 spiro atoms. The fraction of sp³-hybridized carbons (Fsp3) is 0.783. The number of aliphatic hydroxyl groups is 3. The molecule has 3 N–H and O–H groups in total. The van der Waals surface area contributed by atoms with Gasteiger partial charge in [-0.2, -0.15) is 0 Å². The molecule has 0 aliphatic carbocycles. The molecule has 332 valence electrons. The summed E-state index contributed by atoms with van der Waals surface area (Å²) >= 11 is 0. The van der Waals surface area contributed by atoms with Gasteiger partial charge in [0.15, 0.2) is 12.1 Å². The minimum Gasteiger partial charge on any atom is -0.459 e. The van der Waals surface area contributed by atoms with Gasteiger partial charge in [-0.25, -0.2) is 0 Å². The van der Waals surface area contributed by atoms with E-state index < -0.39 is 77.6 Å². The average molecular weight is 827 g/mol. The van der Waals surface area contributed by atoms with E-state index in [2.05, 4.69) is 46.8 Å². The Kier molecular flexibility index (Phi) is 14.6. The summed E-state index contributed by atoms with van der Waals surface area (Å²) in [6, 6.07) is 9.73. The number of hydrogen-bond donors (Lipinski definition) is 3. The van der Waals surface area contributed by atoms with Crippen molar-refractivity contribution in [3.63, 3.8) is 0 Å². The number of pyridine rings is 1. The van der Waals surface area contributed by atoms with E-state index in [9.17, 15) is 20.1 Å². The van der Waals surface area contributed by atoms with E-state index in [1.807, 2.05) is 79.0 Å². The largest absolute Gasteiger partial charge is 0.459 e. The number of benzene rings is 1. The van der Waals surface area contributed by atoms with Crippen LogP contribution in [-0.2, 0) is 34.9 Å². The van der Waals surface area contributed by atoms with Crippen molar-refractivity contribution in [3.8, 4) is 0 Å². The number of aliphatic hydroxyl groups excluding tert-OH is 2. The van der Waals surface area contributed by atoms with Crippen LogP contribution < -0.4 is 0 Å². The SMILES string of the molecule is CC[C@H]1OC(=O)[C@H](C)[C@H]2OC3(CCN(CCc4ccnc5ccccc45)CC3)O[C@](C)(C[C@@H](C)CN(C)[C@H](C)[C@@H](O)[C@]1(C)O)[C@H](O[C@@H]1O[C@H](C)C[C@H](N(C)C)[C@H]1O)[C@H]2C. The first-order valence-electron chi connectivity index (χ1n) is 22.2. The summed E-state index contributed by atoms with van der Waals surface area (Å²) in [7, 11) is 5.86. The van der Waals surface area contributed by atoms with Gasteiger partial charge in [-0.15, -0.1) is 0 Å². The van der Waals surface area contributed by atoms with E-state index in [4.69, 9.17) is 23.7 Å². The zero-order chi connectivity index (χ0) is 43.0. The topological polar surface area (TPSA) is 147 Å². The highest BCUT2D eigenvalue weighted by Gasteiger charge is 2.58. The molecule has 0 amide bonds. The Bertz CT molecular complexity index is 1700. The Labute approximate surface area is 352 Å². The summed E-state index contributed by atoms with van der Waals surface area (Å²) in [5, 5.41) is 36.4. The van der Waals surface area contributed by atoms with E-state index in [0.29, 0.717) is 38.6 Å². The maximum atomic E-state index is 14.4. The van der Waals surface area contributed by atoms with Crippen LogP contribution in [0.2, 0.25) is 0 Å². The lowest BCUT2D eigenvalue weighted by atomic mass is 9.78. The molecule has 2 bridgehead atoms. The molecule has 0 radical (unpaired) electrons. The second-order valence-electron chi connectivity index (χ2n) is 19.3. The molecule has 4 aliphatic rings. The highest BCUT2D eigenvalue weighted by molar-refractivity contribution is 5.81. The molecule has 59 heavy (non-hydrogen) atoms. The lowest BCUT2D eigenvalue weighted by Gasteiger charge is -2.49. The van der Waals surface area contributed by atoms with Gasteiger partial charge >= 0.3 is 5.97 Å². The Hall–Kier alpha value is -2.30. The van der Waals surface area contributed by atoms with Crippen LogP contribution in [0.15, 0.2) is 36.5 Å². The van der Waals surface area contributed by atoms with Crippen molar-refractivity contribution < 1.29 is 43.8 Å². The number of hydrogen-bond acceptors (Lipinski definition) is 13. The van der Waals surface area contributed by atoms with Crippen molar-refractivity contribution in [2.75, 3.05) is 47.3 Å². The molecule has 4 fully saturated rings. The summed E-state index contributed by atoms with van der Waals surface area (Å²) in [5.41, 5.74) is -0.417. The third-order valence-electron chi connectivity index (χ3n) is 14.2. The summed E-state index contributed by atoms with van der Waals surface area (Å²) in [6.45, 7) is 18.3. The normalized spacial score (nSPS) is 40.8. The number of cyclic esters (lactones) is 1. The predicted molar refractivity (Wildman–Crippen MR) is 227 cm³/mol. The fourth-order valence-corrected chi connectivity index (χ4v) is 10.7. The van der Waals surface area contributed by atoms with E-state index in [0.717, 1.165) is 31.6 Å². The highest BCUT2D eigenvalue weighted by atomic mass is 16.7. The van der Waals surface area contributed by atoms with Crippen LogP contribution in [-0.4, -0.2) is 160 Å². The van der Waals surface area contributed by atoms with E-state index >= 15 is 0 Å². The second kappa shape index (κ2) is 18.6. The number of likely N-dealkylation sites (tertiary alicyclic amines) is 1. The smallest absolute Gasteiger partial charge is 0.311 e. The van der Waals surface area contributed by atoms with Crippen LogP contribution >= 0.6 is 0 Å². The molecule has 13 heteroatoms. The number of rotatable bonds is 7. The lowest BCUT2D eigenvalue weighted by Crippen LogP contribution is -2.60. The van der Waals surface area contributed by atoms with Gasteiger partial charge in [-0.05, 0) is 105 Å². The van der Waals surface area contributed by atoms with E-state index in [-0.39, 0.29) is 18.1 Å². The molecule has 4 aliphatic heterocycles. The van der Waals surface area contributed by atoms with Gasteiger partial charge in [0.05, 0.1) is 35.3 Å². The lowest BCUT2D eigenvalue weighted by molar-refractivity contribution is -0.332. The first-order chi connectivity index (χ1) is 27.8. The van der Waals surface area contributed by atoms with Gasteiger partial charge in [-0.1, -0.05) is 39.0 Å². The minimum absolute atomic E-state index is 0.0276. The van der Waals surface area contributed by atoms with E-state index in [1.165, 1.54) is 10.9 Å². The van der Waals surface area contributed by atoms with Crippen molar-refractivity contribution >= 4 is 16.9 Å². The number of carbonyl (C=O) groups excluding carboxylic acids is 1. The molecular formula is C46H74N4O9. The number of carbonyl (C=O) groups is 1. The highest BCUT2D eigenvalue weighted by Crippen LogP contribution is 2.48. The quantitative estimate of drug-likeness (QED) is 0.334. The molecule has 0 unspecified atom stereocenters. The van der Waals surface area contributed by atoms with Gasteiger partial charge in [0.1, 0.15) is 23.9 Å². The third kappa shape index (κ3) is 9.85. The Balaban J connectivity index is 1.37. The standard InChI is InChI=1S/C46H74N4O9/c1-12-37-45(8,54)40(52)32(6)49(11)27-28(2)26-44(7)41(57-43-38(51)36(48(9)10)25-29(3)55-43)30(4)39(31(5)42(53)56-37)58-46(59-44)19-23-50(24-20-46)22-18-33-17-21-47-35-16-14-13-15-34(33)35/h13-17,21,28-32,36-41,43,51-52,54H,12,18-20,22-27H2,1-11H3/t28-,29-,30+,31-,32-,36+,37-,38-,39+,40-,41-,43+,44-,45-/m1/s1. The molecular weight excluding hydrogens is 753 g/mol. The number of ether oxygens (including phenoxy) is 5. The maximum absolute atomic E-state index is 14.4. The van der Waals surface area contributed by atoms with Crippen LogP contribution in [0.25, 0.3) is 10.9 Å². The molecule has 2 aromatic rings. The fourth-order valence-electron chi connectivity index (χ4n) is 10.7. The van der Waals surface area contributed by atoms with Crippen molar-refractivity contribution in [1.82, 2.24) is 19.7 Å². The number of nitrogens with zero attached hydrogens (tertiary/aromatic N) is 4. The average Bonchev–Trinajstić information content (AvgIpc) is 3.27.